The lowest BCUT2D eigenvalue weighted by Crippen LogP contribution is -2.31. The second kappa shape index (κ2) is 10.5. The van der Waals surface area contributed by atoms with E-state index >= 15 is 0 Å². The topological polar surface area (TPSA) is 138 Å². The molecular weight excluding hydrogens is 502 g/mol. The highest BCUT2D eigenvalue weighted by Gasteiger charge is 2.32. The van der Waals surface area contributed by atoms with Crippen molar-refractivity contribution < 1.29 is 9.08 Å². The van der Waals surface area contributed by atoms with Crippen molar-refractivity contribution in [1.29, 1.82) is 0 Å². The van der Waals surface area contributed by atoms with E-state index < -0.39 is 16.9 Å². The monoisotopic (exact) mass is 535 g/mol. The Labute approximate surface area is 223 Å². The number of anilines is 1. The normalized spacial score (nSPS) is 21.8. The summed E-state index contributed by atoms with van der Waals surface area (Å²) in [5.74, 6) is 2.03. The number of aromatic nitrogens is 6. The molecule has 11 heteroatoms. The maximum Gasteiger partial charge on any atom is 0.439 e. The summed E-state index contributed by atoms with van der Waals surface area (Å²) in [4.78, 5) is 29.2. The van der Waals surface area contributed by atoms with Gasteiger partial charge < -0.3 is 9.87 Å². The second-order valence-corrected chi connectivity index (χ2v) is 12.2. The molecule has 2 saturated carbocycles. The van der Waals surface area contributed by atoms with E-state index in [9.17, 15) is 9.35 Å². The van der Waals surface area contributed by atoms with Crippen LogP contribution in [0.2, 0.25) is 0 Å². The number of H-pyrrole nitrogens is 1. The van der Waals surface area contributed by atoms with E-state index in [0.717, 1.165) is 24.3 Å². The van der Waals surface area contributed by atoms with Gasteiger partial charge in [-0.2, -0.15) is 4.98 Å². The molecule has 1 unspecified atom stereocenters. The lowest BCUT2D eigenvalue weighted by atomic mass is 9.80. The minimum atomic E-state index is -1.51. The van der Waals surface area contributed by atoms with Gasteiger partial charge in [0.2, 0.25) is 11.6 Å². The van der Waals surface area contributed by atoms with Crippen molar-refractivity contribution in [2.45, 2.75) is 81.4 Å². The van der Waals surface area contributed by atoms with Crippen LogP contribution in [0, 0.1) is 17.8 Å². The fraction of sp³-hybridized carbons (Fsp3) is 0.519. The summed E-state index contributed by atoms with van der Waals surface area (Å²) in [5, 5.41) is 7.88. The highest BCUT2D eigenvalue weighted by molar-refractivity contribution is 7.91. The van der Waals surface area contributed by atoms with Crippen molar-refractivity contribution in [3.8, 4) is 11.6 Å². The fourth-order valence-electron chi connectivity index (χ4n) is 5.55. The first-order valence-electron chi connectivity index (χ1n) is 13.5. The molecule has 38 heavy (non-hydrogen) atoms. The van der Waals surface area contributed by atoms with Crippen LogP contribution in [-0.4, -0.2) is 40.3 Å². The van der Waals surface area contributed by atoms with Gasteiger partial charge in [-0.25, -0.2) is 14.8 Å². The van der Waals surface area contributed by atoms with Crippen LogP contribution in [0.4, 0.5) is 5.82 Å². The maximum absolute atomic E-state index is 13.9. The smallest absolute Gasteiger partial charge is 0.439 e. The Kier molecular flexibility index (Phi) is 6.96. The molecule has 0 bridgehead atoms. The number of benzene rings is 1. The van der Waals surface area contributed by atoms with E-state index in [2.05, 4.69) is 38.9 Å². The van der Waals surface area contributed by atoms with Gasteiger partial charge in [0.05, 0.1) is 11.2 Å². The van der Waals surface area contributed by atoms with Crippen LogP contribution < -0.4 is 11.1 Å². The molecule has 2 fully saturated rings. The molecule has 200 valence electrons. The van der Waals surface area contributed by atoms with E-state index in [1.807, 2.05) is 30.3 Å². The summed E-state index contributed by atoms with van der Waals surface area (Å²) in [7, 11) is 0. The Morgan fingerprint density at radius 2 is 1.89 bits per heavy atom. The summed E-state index contributed by atoms with van der Waals surface area (Å²) >= 11 is -1.51. The molecule has 10 nitrogen and oxygen atoms in total. The first-order valence-corrected chi connectivity index (χ1v) is 14.7. The number of imidazole rings is 1. The standard InChI is InChI=1S/C27H33N7O3S/c1-16-11-13-18(14-12-16)15-34-21-22(28-17(2)19-7-6-8-19)29-24(25-32-27(35)37-33-25)30-23(21)31-26(34)38(36)20-9-4-3-5-10-20/h3-5,9-10,16-19H,6-8,11-15H2,1-2H3,(H,28,29,30)(H,32,33,35)/t16-,17-,18-,38?/m1/s1. The molecule has 0 aliphatic heterocycles. The Hall–Kier alpha value is -3.18. The second-order valence-electron chi connectivity index (χ2n) is 10.8. The van der Waals surface area contributed by atoms with Crippen molar-refractivity contribution >= 4 is 28.2 Å². The lowest BCUT2D eigenvalue weighted by molar-refractivity contribution is 0.261. The number of fused-ring (bicyclic) bond motifs is 1. The van der Waals surface area contributed by atoms with Gasteiger partial charge in [0.25, 0.3) is 0 Å². The van der Waals surface area contributed by atoms with Gasteiger partial charge in [0.1, 0.15) is 5.52 Å². The molecule has 0 radical (unpaired) electrons. The summed E-state index contributed by atoms with van der Waals surface area (Å²) in [6, 6.07) is 9.58. The van der Waals surface area contributed by atoms with E-state index in [0.29, 0.717) is 39.9 Å². The Morgan fingerprint density at radius 3 is 2.55 bits per heavy atom. The number of nitrogens with zero attached hydrogens (tertiary/aromatic N) is 5. The predicted octanol–water partition coefficient (Wildman–Crippen LogP) is 4.76. The Morgan fingerprint density at radius 1 is 1.13 bits per heavy atom. The number of nitrogens with one attached hydrogen (secondary N) is 2. The van der Waals surface area contributed by atoms with Crippen molar-refractivity contribution in [3.05, 3.63) is 40.9 Å². The van der Waals surface area contributed by atoms with Gasteiger partial charge in [-0.1, -0.05) is 49.5 Å². The number of hydrogen-bond donors (Lipinski definition) is 2. The molecule has 2 N–H and O–H groups in total. The first-order chi connectivity index (χ1) is 18.5. The highest BCUT2D eigenvalue weighted by atomic mass is 32.2. The lowest BCUT2D eigenvalue weighted by Gasteiger charge is -2.32. The Balaban J connectivity index is 1.50. The van der Waals surface area contributed by atoms with E-state index in [4.69, 9.17) is 14.5 Å². The summed E-state index contributed by atoms with van der Waals surface area (Å²) < 4.78 is 20.7. The Bertz CT molecular complexity index is 1450. The number of rotatable bonds is 8. The van der Waals surface area contributed by atoms with Crippen LogP contribution in [-0.2, 0) is 17.7 Å². The van der Waals surface area contributed by atoms with Crippen molar-refractivity contribution in [2.24, 2.45) is 17.8 Å². The van der Waals surface area contributed by atoms with Crippen LogP contribution >= 0.6 is 0 Å². The third-order valence-electron chi connectivity index (χ3n) is 8.14. The van der Waals surface area contributed by atoms with Crippen molar-refractivity contribution in [1.82, 2.24) is 29.7 Å². The summed E-state index contributed by atoms with van der Waals surface area (Å²) in [6.45, 7) is 5.18. The molecule has 2 aliphatic rings. The minimum Gasteiger partial charge on any atom is -0.604 e. The van der Waals surface area contributed by atoms with Crippen LogP contribution in [0.25, 0.3) is 22.8 Å². The van der Waals surface area contributed by atoms with Crippen LogP contribution in [0.5, 0.6) is 0 Å². The van der Waals surface area contributed by atoms with Gasteiger partial charge in [-0.3, -0.25) is 14.1 Å². The molecule has 0 spiro atoms. The zero-order valence-corrected chi connectivity index (χ0v) is 22.5. The third kappa shape index (κ3) is 4.96. The van der Waals surface area contributed by atoms with Crippen molar-refractivity contribution in [3.63, 3.8) is 0 Å². The maximum atomic E-state index is 13.9. The summed E-state index contributed by atoms with van der Waals surface area (Å²) in [5.41, 5.74) is 1.16. The van der Waals surface area contributed by atoms with E-state index in [1.165, 1.54) is 32.1 Å². The largest absolute Gasteiger partial charge is 0.604 e. The SMILES string of the molecule is C[C@@H](Nc1nc(-c2noc(=O)[nH]2)nc2nc([S+]([O-])c3ccccc3)n(C[C@H]3CC[C@H](C)CC3)c12)C1CCC1. The molecule has 4 aromatic rings. The van der Waals surface area contributed by atoms with E-state index in [-0.39, 0.29) is 17.7 Å². The number of aromatic amines is 1. The minimum absolute atomic E-state index is 0.137. The molecule has 6 rings (SSSR count). The summed E-state index contributed by atoms with van der Waals surface area (Å²) in [6.07, 6.45) is 8.22. The van der Waals surface area contributed by atoms with Crippen LogP contribution in [0.1, 0.15) is 58.8 Å². The van der Waals surface area contributed by atoms with Crippen LogP contribution in [0.3, 0.4) is 0 Å². The highest BCUT2D eigenvalue weighted by Crippen LogP contribution is 2.36. The fourth-order valence-corrected chi connectivity index (χ4v) is 6.70. The predicted molar refractivity (Wildman–Crippen MR) is 144 cm³/mol. The third-order valence-corrected chi connectivity index (χ3v) is 9.48. The quantitative estimate of drug-likeness (QED) is 0.308. The first kappa shape index (κ1) is 25.1. The van der Waals surface area contributed by atoms with Gasteiger partial charge in [-0.05, 0) is 62.5 Å². The van der Waals surface area contributed by atoms with Gasteiger partial charge >= 0.3 is 10.9 Å². The van der Waals surface area contributed by atoms with E-state index in [1.54, 1.807) is 0 Å². The molecule has 1 aromatic carbocycles. The zero-order valence-electron chi connectivity index (χ0n) is 21.7. The molecule has 2 aliphatic carbocycles. The molecule has 2 atom stereocenters. The van der Waals surface area contributed by atoms with Gasteiger partial charge in [-0.15, -0.1) is 0 Å². The van der Waals surface area contributed by atoms with Crippen LogP contribution in [0.15, 0.2) is 49.7 Å². The van der Waals surface area contributed by atoms with Crippen molar-refractivity contribution in [2.75, 3.05) is 5.32 Å². The molecule has 0 amide bonds. The average molecular weight is 536 g/mol. The molecule has 0 saturated heterocycles. The van der Waals surface area contributed by atoms with Gasteiger partial charge in [0, 0.05) is 12.6 Å². The number of hydrogen-bond acceptors (Lipinski definition) is 8. The average Bonchev–Trinajstić information content (AvgIpc) is 3.48. The van der Waals surface area contributed by atoms with Gasteiger partial charge in [0.15, 0.2) is 16.4 Å². The molecule has 3 aromatic heterocycles. The molecule has 3 heterocycles. The zero-order chi connectivity index (χ0) is 26.2. The molecular formula is C27H33N7O3S.